The molecule has 110 valence electrons. The molecule has 2 aromatic carbocycles. The van der Waals surface area contributed by atoms with E-state index >= 15 is 0 Å². The lowest BCUT2D eigenvalue weighted by Crippen LogP contribution is -2.07. The fraction of sp³-hybridized carbons (Fsp3) is 0.133. The number of hydrogen-bond acceptors (Lipinski definition) is 3. The van der Waals surface area contributed by atoms with Crippen LogP contribution in [0.3, 0.4) is 0 Å². The Kier molecular flexibility index (Phi) is 4.09. The fourth-order valence-electron chi connectivity index (χ4n) is 1.93. The zero-order valence-electron chi connectivity index (χ0n) is 11.2. The van der Waals surface area contributed by atoms with Gasteiger partial charge in [0.2, 0.25) is 0 Å². The van der Waals surface area contributed by atoms with Gasteiger partial charge in [0.25, 0.3) is 0 Å². The molecule has 0 aliphatic heterocycles. The molecule has 0 atom stereocenters. The summed E-state index contributed by atoms with van der Waals surface area (Å²) in [4.78, 5) is 10.9. The SMILES string of the molecule is Cc1cccc(S(=O)(=O)Cc2ccc(C(=O)O)c(F)c2)c1. The van der Waals surface area contributed by atoms with Crippen molar-refractivity contribution in [3.63, 3.8) is 0 Å². The minimum atomic E-state index is -3.60. The first-order valence-corrected chi connectivity index (χ1v) is 7.76. The van der Waals surface area contributed by atoms with Gasteiger partial charge >= 0.3 is 5.97 Å². The summed E-state index contributed by atoms with van der Waals surface area (Å²) in [5.74, 6) is -2.71. The highest BCUT2D eigenvalue weighted by Gasteiger charge is 2.17. The van der Waals surface area contributed by atoms with Crippen molar-refractivity contribution in [3.8, 4) is 0 Å². The molecule has 21 heavy (non-hydrogen) atoms. The number of carboxylic acids is 1. The second kappa shape index (κ2) is 5.65. The minimum Gasteiger partial charge on any atom is -0.478 e. The van der Waals surface area contributed by atoms with Crippen LogP contribution in [0, 0.1) is 12.7 Å². The number of hydrogen-bond donors (Lipinski definition) is 1. The number of carbonyl (C=O) groups is 1. The van der Waals surface area contributed by atoms with E-state index in [1.165, 1.54) is 18.2 Å². The summed E-state index contributed by atoms with van der Waals surface area (Å²) in [5, 5.41) is 8.74. The number of aryl methyl sites for hydroxylation is 1. The molecule has 0 amide bonds. The van der Waals surface area contributed by atoms with E-state index in [9.17, 15) is 17.6 Å². The van der Waals surface area contributed by atoms with Crippen LogP contribution in [0.25, 0.3) is 0 Å². The molecule has 0 aliphatic rings. The molecular weight excluding hydrogens is 295 g/mol. The lowest BCUT2D eigenvalue weighted by molar-refractivity contribution is 0.0692. The molecule has 2 rings (SSSR count). The molecule has 0 radical (unpaired) electrons. The van der Waals surface area contributed by atoms with Gasteiger partial charge in [-0.15, -0.1) is 0 Å². The average molecular weight is 308 g/mol. The first kappa shape index (κ1) is 15.2. The Morgan fingerprint density at radius 1 is 1.19 bits per heavy atom. The van der Waals surface area contributed by atoms with E-state index in [-0.39, 0.29) is 16.2 Å². The molecule has 0 spiro atoms. The Morgan fingerprint density at radius 2 is 1.90 bits per heavy atom. The van der Waals surface area contributed by atoms with Crippen LogP contribution >= 0.6 is 0 Å². The smallest absolute Gasteiger partial charge is 0.338 e. The van der Waals surface area contributed by atoms with E-state index in [0.29, 0.717) is 0 Å². The van der Waals surface area contributed by atoms with E-state index in [0.717, 1.165) is 17.7 Å². The molecule has 4 nitrogen and oxygen atoms in total. The summed E-state index contributed by atoms with van der Waals surface area (Å²) in [6.07, 6.45) is 0. The zero-order chi connectivity index (χ0) is 15.6. The van der Waals surface area contributed by atoms with Crippen molar-refractivity contribution in [3.05, 3.63) is 65.0 Å². The highest BCUT2D eigenvalue weighted by Crippen LogP contribution is 2.19. The largest absolute Gasteiger partial charge is 0.478 e. The summed E-state index contributed by atoms with van der Waals surface area (Å²) < 4.78 is 38.1. The third-order valence-electron chi connectivity index (χ3n) is 2.97. The lowest BCUT2D eigenvalue weighted by atomic mass is 10.1. The fourth-order valence-corrected chi connectivity index (χ4v) is 3.37. The van der Waals surface area contributed by atoms with Crippen molar-refractivity contribution in [2.75, 3.05) is 0 Å². The Bertz CT molecular complexity index is 797. The van der Waals surface area contributed by atoms with E-state index in [1.54, 1.807) is 19.1 Å². The predicted octanol–water partition coefficient (Wildman–Crippen LogP) is 2.81. The average Bonchev–Trinajstić information content (AvgIpc) is 2.37. The van der Waals surface area contributed by atoms with Crippen molar-refractivity contribution in [2.45, 2.75) is 17.6 Å². The van der Waals surface area contributed by atoms with E-state index in [4.69, 9.17) is 5.11 Å². The summed E-state index contributed by atoms with van der Waals surface area (Å²) in [6.45, 7) is 1.78. The summed E-state index contributed by atoms with van der Waals surface area (Å²) in [6, 6.07) is 9.74. The number of aromatic carboxylic acids is 1. The summed E-state index contributed by atoms with van der Waals surface area (Å²) in [5.41, 5.74) is 0.536. The molecule has 0 aliphatic carbocycles. The molecule has 0 aromatic heterocycles. The van der Waals surface area contributed by atoms with Crippen LogP contribution < -0.4 is 0 Å². The van der Waals surface area contributed by atoms with Gasteiger partial charge in [0.1, 0.15) is 5.82 Å². The third kappa shape index (κ3) is 3.46. The van der Waals surface area contributed by atoms with Crippen LogP contribution in [0.15, 0.2) is 47.4 Å². The molecular formula is C15H13FO4S. The van der Waals surface area contributed by atoms with Crippen molar-refractivity contribution in [2.24, 2.45) is 0 Å². The molecule has 0 saturated carbocycles. The van der Waals surface area contributed by atoms with Gasteiger partial charge < -0.3 is 5.11 Å². The van der Waals surface area contributed by atoms with Crippen LogP contribution in [0.5, 0.6) is 0 Å². The molecule has 1 N–H and O–H groups in total. The standard InChI is InChI=1S/C15H13FO4S/c1-10-3-2-4-12(7-10)21(19,20)9-11-5-6-13(15(17)18)14(16)8-11/h2-8H,9H2,1H3,(H,17,18). The van der Waals surface area contributed by atoms with Crippen LogP contribution in [0.2, 0.25) is 0 Å². The highest BCUT2D eigenvalue weighted by molar-refractivity contribution is 7.90. The van der Waals surface area contributed by atoms with E-state index < -0.39 is 27.2 Å². The van der Waals surface area contributed by atoms with Crippen molar-refractivity contribution < 1.29 is 22.7 Å². The second-order valence-corrected chi connectivity index (χ2v) is 6.68. The minimum absolute atomic E-state index is 0.158. The van der Waals surface area contributed by atoms with Crippen LogP contribution in [0.1, 0.15) is 21.5 Å². The first-order chi connectivity index (χ1) is 9.79. The number of carboxylic acid groups (broad SMARTS) is 1. The van der Waals surface area contributed by atoms with Gasteiger partial charge in [-0.3, -0.25) is 0 Å². The summed E-state index contributed by atoms with van der Waals surface area (Å²) >= 11 is 0. The van der Waals surface area contributed by atoms with E-state index in [2.05, 4.69) is 0 Å². The number of sulfone groups is 1. The topological polar surface area (TPSA) is 71.4 Å². The normalized spacial score (nSPS) is 11.3. The number of benzene rings is 2. The van der Waals surface area contributed by atoms with Crippen LogP contribution in [-0.2, 0) is 15.6 Å². The van der Waals surface area contributed by atoms with Gasteiger partial charge in [0, 0.05) is 0 Å². The molecule has 0 heterocycles. The maximum atomic E-state index is 13.6. The number of rotatable bonds is 4. The van der Waals surface area contributed by atoms with Gasteiger partial charge in [-0.25, -0.2) is 17.6 Å². The number of halogens is 1. The maximum absolute atomic E-state index is 13.6. The Hall–Kier alpha value is -2.21. The maximum Gasteiger partial charge on any atom is 0.338 e. The Morgan fingerprint density at radius 3 is 2.48 bits per heavy atom. The molecule has 6 heteroatoms. The van der Waals surface area contributed by atoms with Crippen molar-refractivity contribution in [1.82, 2.24) is 0 Å². The van der Waals surface area contributed by atoms with E-state index in [1.807, 2.05) is 0 Å². The van der Waals surface area contributed by atoms with Gasteiger partial charge in [-0.05, 0) is 42.3 Å². The van der Waals surface area contributed by atoms with Crippen molar-refractivity contribution >= 4 is 15.8 Å². The highest BCUT2D eigenvalue weighted by atomic mass is 32.2. The van der Waals surface area contributed by atoms with Crippen LogP contribution in [0.4, 0.5) is 4.39 Å². The third-order valence-corrected chi connectivity index (χ3v) is 4.65. The van der Waals surface area contributed by atoms with Gasteiger partial charge in [-0.1, -0.05) is 18.2 Å². The summed E-state index contributed by atoms with van der Waals surface area (Å²) in [7, 11) is -3.60. The molecule has 0 saturated heterocycles. The van der Waals surface area contributed by atoms with Crippen molar-refractivity contribution in [1.29, 1.82) is 0 Å². The second-order valence-electron chi connectivity index (χ2n) is 4.69. The Labute approximate surface area is 121 Å². The lowest BCUT2D eigenvalue weighted by Gasteiger charge is -2.06. The molecule has 2 aromatic rings. The predicted molar refractivity (Wildman–Crippen MR) is 75.4 cm³/mol. The molecule has 0 fully saturated rings. The first-order valence-electron chi connectivity index (χ1n) is 6.11. The monoisotopic (exact) mass is 308 g/mol. The quantitative estimate of drug-likeness (QED) is 0.942. The van der Waals surface area contributed by atoms with Gasteiger partial charge in [0.15, 0.2) is 9.84 Å². The van der Waals surface area contributed by atoms with Gasteiger partial charge in [0.05, 0.1) is 16.2 Å². The Balaban J connectivity index is 2.33. The van der Waals surface area contributed by atoms with Crippen LogP contribution in [-0.4, -0.2) is 19.5 Å². The van der Waals surface area contributed by atoms with Gasteiger partial charge in [-0.2, -0.15) is 0 Å². The molecule has 0 unspecified atom stereocenters. The zero-order valence-corrected chi connectivity index (χ0v) is 12.0. The molecule has 0 bridgehead atoms.